The fourth-order valence-electron chi connectivity index (χ4n) is 1.97. The minimum Gasteiger partial charge on any atom is -0.321 e. The molecule has 0 aliphatic heterocycles. The van der Waals surface area contributed by atoms with Gasteiger partial charge in [0.1, 0.15) is 5.65 Å². The minimum absolute atomic E-state index is 0.148. The van der Waals surface area contributed by atoms with E-state index in [-0.39, 0.29) is 5.91 Å². The van der Waals surface area contributed by atoms with Gasteiger partial charge in [0.05, 0.1) is 11.3 Å². The standard InChI is InChI=1S/C15H12BrN3O/c1-10-2-4-13(12(16)8-10)18-15(20)11-3-5-14-17-6-7-19(14)9-11/h2-9H,1H3,(H,18,20). The van der Waals surface area contributed by atoms with Crippen molar-refractivity contribution in [3.63, 3.8) is 0 Å². The number of benzene rings is 1. The van der Waals surface area contributed by atoms with Gasteiger partial charge in [-0.2, -0.15) is 0 Å². The summed E-state index contributed by atoms with van der Waals surface area (Å²) in [5, 5.41) is 2.89. The molecule has 4 nitrogen and oxygen atoms in total. The SMILES string of the molecule is Cc1ccc(NC(=O)c2ccc3nccn3c2)c(Br)c1. The Balaban J connectivity index is 1.88. The highest BCUT2D eigenvalue weighted by Crippen LogP contribution is 2.23. The van der Waals surface area contributed by atoms with Gasteiger partial charge < -0.3 is 9.72 Å². The molecule has 1 aromatic carbocycles. The Bertz CT molecular complexity index is 795. The Hall–Kier alpha value is -2.14. The Morgan fingerprint density at radius 1 is 1.30 bits per heavy atom. The van der Waals surface area contributed by atoms with E-state index in [1.165, 1.54) is 0 Å². The Labute approximate surface area is 124 Å². The zero-order valence-electron chi connectivity index (χ0n) is 10.8. The van der Waals surface area contributed by atoms with Crippen LogP contribution in [0.25, 0.3) is 5.65 Å². The summed E-state index contributed by atoms with van der Waals surface area (Å²) >= 11 is 3.45. The molecule has 2 heterocycles. The molecule has 0 fully saturated rings. The van der Waals surface area contributed by atoms with Crippen LogP contribution in [0, 0.1) is 6.92 Å². The van der Waals surface area contributed by atoms with Crippen LogP contribution in [0.4, 0.5) is 5.69 Å². The molecule has 3 aromatic rings. The van der Waals surface area contributed by atoms with Gasteiger partial charge in [-0.3, -0.25) is 4.79 Å². The minimum atomic E-state index is -0.148. The number of nitrogens with zero attached hydrogens (tertiary/aromatic N) is 2. The normalized spacial score (nSPS) is 10.7. The molecule has 0 saturated heterocycles. The molecule has 5 heteroatoms. The van der Waals surface area contributed by atoms with Crippen LogP contribution in [-0.2, 0) is 0 Å². The van der Waals surface area contributed by atoms with Crippen LogP contribution in [0.15, 0.2) is 53.4 Å². The largest absolute Gasteiger partial charge is 0.321 e. The van der Waals surface area contributed by atoms with E-state index in [9.17, 15) is 4.79 Å². The summed E-state index contributed by atoms with van der Waals surface area (Å²) in [6.07, 6.45) is 5.28. The molecule has 3 rings (SSSR count). The number of carbonyl (C=O) groups excluding carboxylic acids is 1. The van der Waals surface area contributed by atoms with Crippen molar-refractivity contribution in [3.05, 3.63) is 64.5 Å². The second-order valence-electron chi connectivity index (χ2n) is 4.55. The molecule has 0 bridgehead atoms. The zero-order chi connectivity index (χ0) is 14.1. The lowest BCUT2D eigenvalue weighted by molar-refractivity contribution is 0.102. The summed E-state index contributed by atoms with van der Waals surface area (Å²) in [5.74, 6) is -0.148. The second-order valence-corrected chi connectivity index (χ2v) is 5.40. The van der Waals surface area contributed by atoms with E-state index in [1.807, 2.05) is 41.8 Å². The number of pyridine rings is 1. The summed E-state index contributed by atoms with van der Waals surface area (Å²) in [7, 11) is 0. The average molecular weight is 330 g/mol. The van der Waals surface area contributed by atoms with Crippen LogP contribution >= 0.6 is 15.9 Å². The summed E-state index contributed by atoms with van der Waals surface area (Å²) in [5.41, 5.74) is 3.29. The zero-order valence-corrected chi connectivity index (χ0v) is 12.4. The first-order chi connectivity index (χ1) is 9.63. The van der Waals surface area contributed by atoms with Crippen LogP contribution < -0.4 is 5.32 Å². The highest BCUT2D eigenvalue weighted by Gasteiger charge is 2.09. The molecule has 0 spiro atoms. The maximum Gasteiger partial charge on any atom is 0.257 e. The summed E-state index contributed by atoms with van der Waals surface area (Å²) < 4.78 is 2.69. The fraction of sp³-hybridized carbons (Fsp3) is 0.0667. The van der Waals surface area contributed by atoms with Crippen LogP contribution in [0.3, 0.4) is 0 Å². The average Bonchev–Trinajstić information content (AvgIpc) is 2.89. The fourth-order valence-corrected chi connectivity index (χ4v) is 2.56. The molecule has 0 unspecified atom stereocenters. The van der Waals surface area contributed by atoms with Crippen molar-refractivity contribution in [2.75, 3.05) is 5.32 Å². The van der Waals surface area contributed by atoms with Gasteiger partial charge in [-0.1, -0.05) is 6.07 Å². The number of aromatic nitrogens is 2. The lowest BCUT2D eigenvalue weighted by atomic mass is 10.2. The molecule has 20 heavy (non-hydrogen) atoms. The van der Waals surface area contributed by atoms with E-state index < -0.39 is 0 Å². The molecule has 1 amide bonds. The number of hydrogen-bond donors (Lipinski definition) is 1. The number of imidazole rings is 1. The number of aryl methyl sites for hydroxylation is 1. The molecule has 0 saturated carbocycles. The molecule has 0 aliphatic carbocycles. The number of halogens is 1. The number of nitrogens with one attached hydrogen (secondary N) is 1. The van der Waals surface area contributed by atoms with Crippen LogP contribution in [0.2, 0.25) is 0 Å². The van der Waals surface area contributed by atoms with Gasteiger partial charge in [0.15, 0.2) is 0 Å². The van der Waals surface area contributed by atoms with Crippen LogP contribution in [0.1, 0.15) is 15.9 Å². The summed E-state index contributed by atoms with van der Waals surface area (Å²) in [6, 6.07) is 9.39. The molecule has 2 aromatic heterocycles. The Kier molecular flexibility index (Phi) is 3.28. The summed E-state index contributed by atoms with van der Waals surface area (Å²) in [4.78, 5) is 16.4. The molecule has 1 N–H and O–H groups in total. The quantitative estimate of drug-likeness (QED) is 0.779. The van der Waals surface area contributed by atoms with Crippen molar-refractivity contribution in [3.8, 4) is 0 Å². The first-order valence-corrected chi connectivity index (χ1v) is 6.93. The topological polar surface area (TPSA) is 46.4 Å². The number of fused-ring (bicyclic) bond motifs is 1. The number of amides is 1. The third kappa shape index (κ3) is 2.44. The molecular weight excluding hydrogens is 318 g/mol. The van der Waals surface area contributed by atoms with E-state index in [2.05, 4.69) is 26.2 Å². The Morgan fingerprint density at radius 3 is 2.95 bits per heavy atom. The highest BCUT2D eigenvalue weighted by atomic mass is 79.9. The summed E-state index contributed by atoms with van der Waals surface area (Å²) in [6.45, 7) is 2.00. The highest BCUT2D eigenvalue weighted by molar-refractivity contribution is 9.10. The molecule has 0 atom stereocenters. The Morgan fingerprint density at radius 2 is 2.15 bits per heavy atom. The first kappa shape index (κ1) is 12.9. The van der Waals surface area contributed by atoms with E-state index in [0.29, 0.717) is 5.56 Å². The third-order valence-electron chi connectivity index (χ3n) is 3.02. The monoisotopic (exact) mass is 329 g/mol. The number of carbonyl (C=O) groups is 1. The van der Waals surface area contributed by atoms with E-state index in [4.69, 9.17) is 0 Å². The van der Waals surface area contributed by atoms with Gasteiger partial charge >= 0.3 is 0 Å². The van der Waals surface area contributed by atoms with E-state index in [0.717, 1.165) is 21.4 Å². The van der Waals surface area contributed by atoms with Gasteiger partial charge in [-0.15, -0.1) is 0 Å². The second kappa shape index (κ2) is 5.09. The maximum atomic E-state index is 12.3. The lowest BCUT2D eigenvalue weighted by Crippen LogP contribution is -2.13. The van der Waals surface area contributed by atoms with Gasteiger partial charge in [0.2, 0.25) is 0 Å². The lowest BCUT2D eigenvalue weighted by Gasteiger charge is -2.08. The van der Waals surface area contributed by atoms with Crippen LogP contribution in [0.5, 0.6) is 0 Å². The van der Waals surface area contributed by atoms with Gasteiger partial charge in [0.25, 0.3) is 5.91 Å². The third-order valence-corrected chi connectivity index (χ3v) is 3.68. The van der Waals surface area contributed by atoms with Gasteiger partial charge in [0, 0.05) is 23.1 Å². The van der Waals surface area contributed by atoms with Gasteiger partial charge in [-0.25, -0.2) is 4.98 Å². The van der Waals surface area contributed by atoms with Crippen molar-refractivity contribution in [1.29, 1.82) is 0 Å². The number of hydrogen-bond acceptors (Lipinski definition) is 2. The smallest absolute Gasteiger partial charge is 0.257 e. The predicted octanol–water partition coefficient (Wildman–Crippen LogP) is 3.66. The van der Waals surface area contributed by atoms with E-state index in [1.54, 1.807) is 18.5 Å². The molecular formula is C15H12BrN3O. The van der Waals surface area contributed by atoms with Crippen molar-refractivity contribution in [2.24, 2.45) is 0 Å². The van der Waals surface area contributed by atoms with Crippen molar-refractivity contribution >= 4 is 33.2 Å². The number of rotatable bonds is 2. The van der Waals surface area contributed by atoms with Crippen LogP contribution in [-0.4, -0.2) is 15.3 Å². The van der Waals surface area contributed by atoms with Crippen molar-refractivity contribution < 1.29 is 4.79 Å². The first-order valence-electron chi connectivity index (χ1n) is 6.14. The molecule has 100 valence electrons. The van der Waals surface area contributed by atoms with Crippen molar-refractivity contribution in [1.82, 2.24) is 9.38 Å². The number of anilines is 1. The van der Waals surface area contributed by atoms with Crippen molar-refractivity contribution in [2.45, 2.75) is 6.92 Å². The van der Waals surface area contributed by atoms with E-state index >= 15 is 0 Å². The van der Waals surface area contributed by atoms with Gasteiger partial charge in [-0.05, 0) is 52.7 Å². The maximum absolute atomic E-state index is 12.3. The molecule has 0 aliphatic rings. The molecule has 0 radical (unpaired) electrons. The predicted molar refractivity (Wildman–Crippen MR) is 82.0 cm³/mol.